The normalized spacial score (nSPS) is 12.4. The summed E-state index contributed by atoms with van der Waals surface area (Å²) in [7, 11) is 0. The lowest BCUT2D eigenvalue weighted by atomic mass is 10.00. The smallest absolute Gasteiger partial charge is 0.170 e. The van der Waals surface area contributed by atoms with Crippen molar-refractivity contribution in [2.75, 3.05) is 0 Å². The number of H-pyrrole nitrogens is 1. The number of oxime groups is 2. The fourth-order valence-corrected chi connectivity index (χ4v) is 3.20. The zero-order chi connectivity index (χ0) is 21.3. The van der Waals surface area contributed by atoms with Crippen molar-refractivity contribution in [1.82, 2.24) is 9.97 Å². The number of para-hydroxylation sites is 1. The van der Waals surface area contributed by atoms with Crippen molar-refractivity contribution in [3.05, 3.63) is 71.8 Å². The van der Waals surface area contributed by atoms with Crippen molar-refractivity contribution in [3.8, 4) is 28.3 Å². The predicted molar refractivity (Wildman–Crippen MR) is 114 cm³/mol. The van der Waals surface area contributed by atoms with E-state index in [1.807, 2.05) is 6.07 Å². The third-order valence-electron chi connectivity index (χ3n) is 4.78. The molecule has 9 heteroatoms. The molecule has 0 bridgehead atoms. The first-order valence-electron chi connectivity index (χ1n) is 8.90. The lowest BCUT2D eigenvalue weighted by molar-refractivity contribution is 0.318. The number of fused-ring (bicyclic) bond motifs is 1. The SMILES string of the molecule is NC(=NO)c1ccc(-c2cccc(-c3nc4ccc(C(N)=NO)cc4[nH]3)c2O)cc1. The molecule has 1 aromatic heterocycles. The molecule has 0 atom stereocenters. The number of aromatic amines is 1. The van der Waals surface area contributed by atoms with Crippen LogP contribution in [0.15, 0.2) is 71.0 Å². The molecule has 0 amide bonds. The van der Waals surface area contributed by atoms with E-state index in [9.17, 15) is 5.11 Å². The quantitative estimate of drug-likeness (QED) is 0.133. The van der Waals surface area contributed by atoms with E-state index in [4.69, 9.17) is 21.9 Å². The number of benzene rings is 3. The van der Waals surface area contributed by atoms with Crippen molar-refractivity contribution >= 4 is 22.7 Å². The van der Waals surface area contributed by atoms with Gasteiger partial charge in [0.05, 0.1) is 16.6 Å². The fourth-order valence-electron chi connectivity index (χ4n) is 3.20. The van der Waals surface area contributed by atoms with Crippen molar-refractivity contribution in [1.29, 1.82) is 0 Å². The molecule has 4 rings (SSSR count). The van der Waals surface area contributed by atoms with E-state index < -0.39 is 0 Å². The molecular formula is C21H18N6O3. The van der Waals surface area contributed by atoms with E-state index in [2.05, 4.69) is 20.3 Å². The molecule has 4 aromatic rings. The summed E-state index contributed by atoms with van der Waals surface area (Å²) in [5.74, 6) is 0.542. The van der Waals surface area contributed by atoms with Crippen LogP contribution in [0.3, 0.4) is 0 Å². The topological polar surface area (TPSA) is 166 Å². The highest BCUT2D eigenvalue weighted by Crippen LogP contribution is 2.37. The molecule has 150 valence electrons. The molecule has 0 fully saturated rings. The Bertz CT molecular complexity index is 1290. The number of aromatic hydroxyl groups is 1. The van der Waals surface area contributed by atoms with Gasteiger partial charge in [-0.15, -0.1) is 0 Å². The van der Waals surface area contributed by atoms with Gasteiger partial charge in [0.25, 0.3) is 0 Å². The van der Waals surface area contributed by atoms with Crippen molar-refractivity contribution < 1.29 is 15.5 Å². The Morgan fingerprint density at radius 2 is 1.47 bits per heavy atom. The zero-order valence-electron chi connectivity index (χ0n) is 15.6. The van der Waals surface area contributed by atoms with Gasteiger partial charge in [0.1, 0.15) is 11.6 Å². The van der Waals surface area contributed by atoms with Gasteiger partial charge in [-0.25, -0.2) is 4.98 Å². The minimum atomic E-state index is -0.00628. The van der Waals surface area contributed by atoms with Gasteiger partial charge in [-0.2, -0.15) is 0 Å². The summed E-state index contributed by atoms with van der Waals surface area (Å²) in [4.78, 5) is 7.69. The molecule has 3 aromatic carbocycles. The molecule has 9 nitrogen and oxygen atoms in total. The molecule has 0 aliphatic heterocycles. The monoisotopic (exact) mass is 402 g/mol. The molecule has 0 saturated carbocycles. The number of nitrogens with one attached hydrogen (secondary N) is 1. The van der Waals surface area contributed by atoms with Gasteiger partial charge in [-0.3, -0.25) is 0 Å². The van der Waals surface area contributed by atoms with Gasteiger partial charge < -0.3 is 32.0 Å². The van der Waals surface area contributed by atoms with Gasteiger partial charge in [0.2, 0.25) is 0 Å². The molecule has 0 radical (unpaired) electrons. The highest BCUT2D eigenvalue weighted by Gasteiger charge is 2.15. The van der Waals surface area contributed by atoms with Crippen molar-refractivity contribution in [2.24, 2.45) is 21.8 Å². The Morgan fingerprint density at radius 1 is 0.833 bits per heavy atom. The van der Waals surface area contributed by atoms with Crippen LogP contribution in [-0.4, -0.2) is 37.2 Å². The average Bonchev–Trinajstić information content (AvgIpc) is 3.21. The zero-order valence-corrected chi connectivity index (χ0v) is 15.6. The molecule has 0 aliphatic carbocycles. The van der Waals surface area contributed by atoms with E-state index in [0.717, 1.165) is 5.56 Å². The van der Waals surface area contributed by atoms with E-state index >= 15 is 0 Å². The summed E-state index contributed by atoms with van der Waals surface area (Å²) in [6.45, 7) is 0. The lowest BCUT2D eigenvalue weighted by Gasteiger charge is -2.09. The second-order valence-corrected chi connectivity index (χ2v) is 6.57. The number of aromatic nitrogens is 2. The van der Waals surface area contributed by atoms with E-state index in [-0.39, 0.29) is 17.4 Å². The Hall–Kier alpha value is -4.53. The third kappa shape index (κ3) is 3.24. The number of amidine groups is 2. The third-order valence-corrected chi connectivity index (χ3v) is 4.78. The van der Waals surface area contributed by atoms with Gasteiger partial charge in [0, 0.05) is 16.7 Å². The summed E-state index contributed by atoms with van der Waals surface area (Å²) in [6, 6.07) is 17.5. The maximum Gasteiger partial charge on any atom is 0.170 e. The molecule has 0 unspecified atom stereocenters. The first kappa shape index (κ1) is 18.8. The fraction of sp³-hybridized carbons (Fsp3) is 0. The number of nitrogens with two attached hydrogens (primary N) is 2. The molecule has 1 heterocycles. The van der Waals surface area contributed by atoms with Gasteiger partial charge in [-0.05, 0) is 29.8 Å². The Kier molecular flexibility index (Phi) is 4.69. The van der Waals surface area contributed by atoms with Crippen LogP contribution >= 0.6 is 0 Å². The van der Waals surface area contributed by atoms with E-state index in [1.165, 1.54) is 0 Å². The Morgan fingerprint density at radius 3 is 2.17 bits per heavy atom. The minimum absolute atomic E-state index is 0.00628. The Labute approximate surface area is 170 Å². The van der Waals surface area contributed by atoms with Crippen LogP contribution in [-0.2, 0) is 0 Å². The highest BCUT2D eigenvalue weighted by atomic mass is 16.4. The van der Waals surface area contributed by atoms with Crippen LogP contribution in [0.25, 0.3) is 33.5 Å². The maximum atomic E-state index is 10.9. The number of hydrogen-bond acceptors (Lipinski definition) is 6. The van der Waals surface area contributed by atoms with Crippen LogP contribution in [0, 0.1) is 0 Å². The molecule has 0 saturated heterocycles. The summed E-state index contributed by atoms with van der Waals surface area (Å²) in [5, 5.41) is 34.5. The van der Waals surface area contributed by atoms with Crippen LogP contribution in [0.4, 0.5) is 0 Å². The van der Waals surface area contributed by atoms with Gasteiger partial charge in [0.15, 0.2) is 11.7 Å². The lowest BCUT2D eigenvalue weighted by Crippen LogP contribution is -2.12. The van der Waals surface area contributed by atoms with Gasteiger partial charge in [-0.1, -0.05) is 46.7 Å². The Balaban J connectivity index is 1.76. The second kappa shape index (κ2) is 7.47. The maximum absolute atomic E-state index is 10.9. The average molecular weight is 402 g/mol. The summed E-state index contributed by atoms with van der Waals surface area (Å²) >= 11 is 0. The number of nitrogens with zero attached hydrogens (tertiary/aromatic N) is 3. The van der Waals surface area contributed by atoms with Crippen LogP contribution in [0.2, 0.25) is 0 Å². The largest absolute Gasteiger partial charge is 0.507 e. The predicted octanol–water partition coefficient (Wildman–Crippen LogP) is 2.79. The van der Waals surface area contributed by atoms with Crippen molar-refractivity contribution in [3.63, 3.8) is 0 Å². The molecule has 0 spiro atoms. The van der Waals surface area contributed by atoms with Crippen molar-refractivity contribution in [2.45, 2.75) is 0 Å². The number of imidazole rings is 1. The first-order chi connectivity index (χ1) is 14.5. The van der Waals surface area contributed by atoms with Gasteiger partial charge >= 0.3 is 0 Å². The summed E-state index contributed by atoms with van der Waals surface area (Å²) in [6.07, 6.45) is 0. The highest BCUT2D eigenvalue weighted by molar-refractivity contribution is 6.00. The molecule has 0 aliphatic rings. The standard InChI is InChI=1S/C21H18N6O3/c22-19(26-29)12-6-4-11(5-7-12)14-2-1-3-15(18(14)28)21-24-16-9-8-13(20(23)27-30)10-17(16)25-21/h1-10,28-30H,(H2,22,26)(H2,23,27)(H,24,25). The van der Waals surface area contributed by atoms with Crippen LogP contribution in [0.5, 0.6) is 5.75 Å². The van der Waals surface area contributed by atoms with E-state index in [0.29, 0.717) is 39.1 Å². The number of hydrogen-bond donors (Lipinski definition) is 6. The van der Waals surface area contributed by atoms with E-state index in [1.54, 1.807) is 54.6 Å². The first-order valence-corrected chi connectivity index (χ1v) is 8.90. The summed E-state index contributed by atoms with van der Waals surface area (Å²) < 4.78 is 0. The van der Waals surface area contributed by atoms with Crippen LogP contribution in [0.1, 0.15) is 11.1 Å². The molecule has 30 heavy (non-hydrogen) atoms. The summed E-state index contributed by atoms with van der Waals surface area (Å²) in [5.41, 5.74) is 15.6. The number of phenolic OH excluding ortho intramolecular Hbond substituents is 1. The van der Waals surface area contributed by atoms with Crippen LogP contribution < -0.4 is 11.5 Å². The molecule has 8 N–H and O–H groups in total. The second-order valence-electron chi connectivity index (χ2n) is 6.57. The minimum Gasteiger partial charge on any atom is -0.507 e. The molecular weight excluding hydrogens is 384 g/mol. The number of phenols is 1. The number of rotatable bonds is 4.